The Kier molecular flexibility index (Phi) is 9.80. The molecule has 0 aromatic carbocycles. The fourth-order valence-electron chi connectivity index (χ4n) is 7.68. The fourth-order valence-corrected chi connectivity index (χ4v) is 7.68. The number of aromatic amines is 2. The van der Waals surface area contributed by atoms with Gasteiger partial charge < -0.3 is 36.3 Å². The number of amides is 1. The molecule has 13 nitrogen and oxygen atoms in total. The van der Waals surface area contributed by atoms with Crippen LogP contribution in [0.25, 0.3) is 44.9 Å². The van der Waals surface area contributed by atoms with E-state index in [9.17, 15) is 34.5 Å². The first-order valence-corrected chi connectivity index (χ1v) is 17.3. The summed E-state index contributed by atoms with van der Waals surface area (Å²) >= 11 is 0. The molecule has 1 aliphatic carbocycles. The Morgan fingerprint density at radius 2 is 1.51 bits per heavy atom. The van der Waals surface area contributed by atoms with E-state index in [0.717, 1.165) is 27.8 Å². The normalized spacial score (nSPS) is 17.9. The number of fused-ring (bicyclic) bond motifs is 11. The minimum atomic E-state index is -1.32. The summed E-state index contributed by atoms with van der Waals surface area (Å²) in [5.74, 6) is -4.98. The number of allylic oxidation sites excluding steroid dienone is 5. The van der Waals surface area contributed by atoms with E-state index in [4.69, 9.17) is 15.7 Å². The molecule has 0 saturated carbocycles. The van der Waals surface area contributed by atoms with Crippen LogP contribution >= 0.6 is 0 Å². The van der Waals surface area contributed by atoms with Gasteiger partial charge in [-0.3, -0.25) is 24.2 Å². The third kappa shape index (κ3) is 6.48. The minimum absolute atomic E-state index is 0.0637. The van der Waals surface area contributed by atoms with Crippen molar-refractivity contribution in [2.45, 2.75) is 58.8 Å². The third-order valence-corrected chi connectivity index (χ3v) is 10.6. The second-order valence-corrected chi connectivity index (χ2v) is 13.7. The van der Waals surface area contributed by atoms with Gasteiger partial charge in [-0.25, -0.2) is 4.98 Å². The Morgan fingerprint density at radius 3 is 2.17 bits per heavy atom. The number of rotatable bonds is 11. The Labute approximate surface area is 305 Å². The smallest absolute Gasteiger partial charge is 0.312 e. The zero-order chi connectivity index (χ0) is 38.4. The number of nitrogens with one attached hydrogen (secondary N) is 3. The Bertz CT molecular complexity index is 2380. The molecule has 13 heteroatoms. The van der Waals surface area contributed by atoms with Crippen molar-refractivity contribution in [2.75, 3.05) is 13.1 Å². The molecule has 0 spiro atoms. The first kappa shape index (κ1) is 36.7. The summed E-state index contributed by atoms with van der Waals surface area (Å²) in [7, 11) is 0. The largest absolute Gasteiger partial charge is 0.481 e. The van der Waals surface area contributed by atoms with Crippen LogP contribution in [0.15, 0.2) is 48.6 Å². The van der Waals surface area contributed by atoms with Gasteiger partial charge in [0.15, 0.2) is 0 Å². The number of carboxylic acid groups (broad SMARTS) is 3. The first-order chi connectivity index (χ1) is 25.2. The predicted octanol–water partition coefficient (Wildman–Crippen LogP) is 5.44. The highest BCUT2D eigenvalue weighted by molar-refractivity contribution is 6.04. The predicted molar refractivity (Wildman–Crippen MR) is 202 cm³/mol. The average Bonchev–Trinajstić information content (AvgIpc) is 3.75. The molecule has 274 valence electrons. The highest BCUT2D eigenvalue weighted by atomic mass is 16.4. The maximum absolute atomic E-state index is 13.4. The number of nitrogens with zero attached hydrogens (tertiary/aromatic N) is 2. The van der Waals surface area contributed by atoms with Crippen molar-refractivity contribution < 1.29 is 34.5 Å². The SMILES string of the molecule is C=Cc1c(C)c2cc3nc(cc4[nH]c(cc5nc(cc1[nH]2)C(C)=C5CCC(=O)O)c(CCC(=O)O)c4C)C1(C)C3=CC=C(C(=O)NCCN)C1C(=O)O. The number of carbonyl (C=O) groups is 4. The first-order valence-electron chi connectivity index (χ1n) is 17.3. The van der Waals surface area contributed by atoms with Crippen LogP contribution in [0.5, 0.6) is 0 Å². The molecule has 6 rings (SSSR count). The standard InChI is InChI=1S/C40H42N6O7/c1-6-22-19(2)28-16-33-26-10-7-25(38(51)42-14-13-41)37(39(52)53)40(26,5)34(46-33)18-29-21(4)24(9-12-36(49)50)32(45-29)17-31-23(8-11-35(47)48)20(3)27(44-31)15-30(22)43-28/h6-7,10,15-18,37,43,45H,1,8-9,11-14,41H2,2-5H3,(H,42,51)(H,47,48)(H,49,50)(H,52,53). The van der Waals surface area contributed by atoms with E-state index in [1.807, 2.05) is 39.0 Å². The number of aromatic nitrogens is 4. The summed E-state index contributed by atoms with van der Waals surface area (Å²) < 4.78 is 0. The molecule has 3 aromatic rings. The van der Waals surface area contributed by atoms with Crippen LogP contribution in [0.2, 0.25) is 0 Å². The summed E-state index contributed by atoms with van der Waals surface area (Å²) in [4.78, 5) is 67.0. The summed E-state index contributed by atoms with van der Waals surface area (Å²) in [5.41, 5.74) is 14.4. The lowest BCUT2D eigenvalue weighted by Gasteiger charge is -2.36. The van der Waals surface area contributed by atoms with Crippen molar-refractivity contribution in [1.82, 2.24) is 25.3 Å². The van der Waals surface area contributed by atoms with Crippen molar-refractivity contribution >= 4 is 68.7 Å². The number of aliphatic carboxylic acids is 3. The van der Waals surface area contributed by atoms with Crippen LogP contribution < -0.4 is 11.1 Å². The Balaban J connectivity index is 1.75. The van der Waals surface area contributed by atoms with Gasteiger partial charge in [0.25, 0.3) is 0 Å². The quantitative estimate of drug-likeness (QED) is 0.133. The molecule has 8 N–H and O–H groups in total. The van der Waals surface area contributed by atoms with Crippen molar-refractivity contribution in [3.63, 3.8) is 0 Å². The Morgan fingerprint density at radius 1 is 0.868 bits per heavy atom. The van der Waals surface area contributed by atoms with Crippen LogP contribution in [0.1, 0.15) is 78.1 Å². The van der Waals surface area contributed by atoms with E-state index in [1.54, 1.807) is 25.1 Å². The van der Waals surface area contributed by atoms with Gasteiger partial charge >= 0.3 is 17.9 Å². The van der Waals surface area contributed by atoms with E-state index < -0.39 is 35.1 Å². The van der Waals surface area contributed by atoms with Gasteiger partial charge in [-0.15, -0.1) is 0 Å². The number of H-pyrrole nitrogens is 2. The van der Waals surface area contributed by atoms with Crippen molar-refractivity contribution in [3.05, 3.63) is 93.6 Å². The van der Waals surface area contributed by atoms with Crippen LogP contribution in [0.3, 0.4) is 0 Å². The molecular formula is C40H42N6O7. The molecule has 1 amide bonds. The van der Waals surface area contributed by atoms with Gasteiger partial charge in [0.05, 0.1) is 28.2 Å². The maximum Gasteiger partial charge on any atom is 0.312 e. The maximum atomic E-state index is 13.4. The van der Waals surface area contributed by atoms with E-state index in [-0.39, 0.29) is 44.3 Å². The molecule has 8 bridgehead atoms. The van der Waals surface area contributed by atoms with Gasteiger partial charge in [-0.2, -0.15) is 0 Å². The summed E-state index contributed by atoms with van der Waals surface area (Å²) in [6, 6.07) is 7.33. The number of carbonyl (C=O) groups excluding carboxylic acids is 1. The second-order valence-electron chi connectivity index (χ2n) is 13.7. The summed E-state index contributed by atoms with van der Waals surface area (Å²) in [5, 5.41) is 32.7. The van der Waals surface area contributed by atoms with Crippen LogP contribution in [-0.4, -0.2) is 72.2 Å². The lowest BCUT2D eigenvalue weighted by molar-refractivity contribution is -0.143. The van der Waals surface area contributed by atoms with Gasteiger partial charge in [0.1, 0.15) is 5.92 Å². The van der Waals surface area contributed by atoms with E-state index >= 15 is 0 Å². The van der Waals surface area contributed by atoms with E-state index in [1.165, 1.54) is 6.08 Å². The zero-order valence-electron chi connectivity index (χ0n) is 30.0. The molecule has 2 unspecified atom stereocenters. The lowest BCUT2D eigenvalue weighted by atomic mass is 9.64. The molecule has 53 heavy (non-hydrogen) atoms. The van der Waals surface area contributed by atoms with Gasteiger partial charge in [0.2, 0.25) is 5.91 Å². The van der Waals surface area contributed by atoms with E-state index in [0.29, 0.717) is 56.0 Å². The molecule has 2 aliphatic heterocycles. The number of hydrogen-bond donors (Lipinski definition) is 7. The molecule has 0 radical (unpaired) electrons. The summed E-state index contributed by atoms with van der Waals surface area (Å²) in [6.07, 6.45) is 5.16. The van der Waals surface area contributed by atoms with Crippen molar-refractivity contribution in [1.29, 1.82) is 0 Å². The fraction of sp³-hybridized carbons (Fsp3) is 0.300. The lowest BCUT2D eigenvalue weighted by Crippen LogP contribution is -2.44. The number of nitrogens with two attached hydrogens (primary N) is 1. The minimum Gasteiger partial charge on any atom is -0.481 e. The molecule has 3 aliphatic rings. The van der Waals surface area contributed by atoms with Gasteiger partial charge in [0, 0.05) is 59.1 Å². The molecule has 0 saturated heterocycles. The highest BCUT2D eigenvalue weighted by Crippen LogP contribution is 2.52. The Hall–Kier alpha value is -6.08. The van der Waals surface area contributed by atoms with E-state index in [2.05, 4.69) is 21.9 Å². The third-order valence-electron chi connectivity index (χ3n) is 10.6. The summed E-state index contributed by atoms with van der Waals surface area (Å²) in [6.45, 7) is 11.9. The molecule has 0 fully saturated rings. The van der Waals surface area contributed by atoms with Crippen LogP contribution in [0.4, 0.5) is 0 Å². The monoisotopic (exact) mass is 718 g/mol. The number of hydrogen-bond acceptors (Lipinski definition) is 7. The van der Waals surface area contributed by atoms with Crippen LogP contribution in [-0.2, 0) is 31.0 Å². The molecule has 5 heterocycles. The average molecular weight is 719 g/mol. The van der Waals surface area contributed by atoms with Crippen LogP contribution in [0, 0.1) is 19.8 Å². The highest BCUT2D eigenvalue weighted by Gasteiger charge is 2.53. The number of aryl methyl sites for hydroxylation is 3. The molecular weight excluding hydrogens is 676 g/mol. The van der Waals surface area contributed by atoms with Gasteiger partial charge in [-0.1, -0.05) is 24.8 Å². The topological polar surface area (TPSA) is 224 Å². The molecule has 3 aromatic heterocycles. The van der Waals surface area contributed by atoms with Crippen molar-refractivity contribution in [3.8, 4) is 0 Å². The second kappa shape index (κ2) is 14.2. The number of carboxylic acids is 3. The molecule has 2 atom stereocenters. The zero-order valence-corrected chi connectivity index (χ0v) is 30.0. The van der Waals surface area contributed by atoms with Gasteiger partial charge in [-0.05, 0) is 98.2 Å². The van der Waals surface area contributed by atoms with Crippen molar-refractivity contribution in [2.24, 2.45) is 11.7 Å².